The lowest BCUT2D eigenvalue weighted by Gasteiger charge is -2.33. The summed E-state index contributed by atoms with van der Waals surface area (Å²) in [7, 11) is 1.36. The quantitative estimate of drug-likeness (QED) is 0.928. The van der Waals surface area contributed by atoms with Crippen LogP contribution in [0.2, 0.25) is 5.02 Å². The van der Waals surface area contributed by atoms with Gasteiger partial charge in [0.2, 0.25) is 5.72 Å². The minimum absolute atomic E-state index is 0.381. The molecule has 108 valence electrons. The maximum absolute atomic E-state index is 12.4. The Morgan fingerprint density at radius 3 is 2.57 bits per heavy atom. The van der Waals surface area contributed by atoms with Crippen LogP contribution in [0.5, 0.6) is 0 Å². The molecule has 0 spiro atoms. The number of hydroxylamine groups is 2. The molecule has 1 unspecified atom stereocenters. The van der Waals surface area contributed by atoms with Gasteiger partial charge in [0.05, 0.1) is 12.7 Å². The molecule has 2 aromatic carbocycles. The lowest BCUT2D eigenvalue weighted by atomic mass is 9.91. The van der Waals surface area contributed by atoms with Crippen LogP contribution in [0.25, 0.3) is 0 Å². The molecular weight excluding hydrogens is 290 g/mol. The zero-order valence-corrected chi connectivity index (χ0v) is 12.4. The molecule has 1 atom stereocenters. The Hall–Kier alpha value is -1.88. The van der Waals surface area contributed by atoms with E-state index in [-0.39, 0.29) is 0 Å². The van der Waals surface area contributed by atoms with Gasteiger partial charge in [-0.1, -0.05) is 35.9 Å². The van der Waals surface area contributed by atoms with Gasteiger partial charge in [-0.25, -0.2) is 0 Å². The van der Waals surface area contributed by atoms with Gasteiger partial charge in [0.25, 0.3) is 5.91 Å². The Morgan fingerprint density at radius 1 is 1.19 bits per heavy atom. The fourth-order valence-corrected chi connectivity index (χ4v) is 2.96. The lowest BCUT2D eigenvalue weighted by molar-refractivity contribution is -0.223. The molecule has 0 saturated carbocycles. The van der Waals surface area contributed by atoms with Gasteiger partial charge in [-0.2, -0.15) is 5.06 Å². The number of carbonyl (C=O) groups is 1. The minimum Gasteiger partial charge on any atom is -0.361 e. The van der Waals surface area contributed by atoms with E-state index in [1.54, 1.807) is 30.3 Å². The van der Waals surface area contributed by atoms with Crippen LogP contribution in [0, 0.1) is 6.92 Å². The smallest absolute Gasteiger partial charge is 0.281 e. The van der Waals surface area contributed by atoms with E-state index < -0.39 is 11.6 Å². The van der Waals surface area contributed by atoms with Crippen molar-refractivity contribution in [2.75, 3.05) is 7.11 Å². The summed E-state index contributed by atoms with van der Waals surface area (Å²) in [5, 5.41) is 12.7. The Labute approximate surface area is 127 Å². The van der Waals surface area contributed by atoms with Crippen molar-refractivity contribution in [2.24, 2.45) is 0 Å². The minimum atomic E-state index is -1.68. The molecule has 3 rings (SSSR count). The summed E-state index contributed by atoms with van der Waals surface area (Å²) in [5.74, 6) is -0.394. The van der Waals surface area contributed by atoms with Crippen LogP contribution in [-0.4, -0.2) is 23.2 Å². The zero-order chi connectivity index (χ0) is 15.2. The molecule has 1 aliphatic heterocycles. The topological polar surface area (TPSA) is 49.8 Å². The second-order valence-corrected chi connectivity index (χ2v) is 5.40. The third-order valence-corrected chi connectivity index (χ3v) is 4.00. The number of nitrogens with zero attached hydrogens (tertiary/aromatic N) is 1. The van der Waals surface area contributed by atoms with Gasteiger partial charge in [0.15, 0.2) is 0 Å². The molecule has 0 saturated heterocycles. The van der Waals surface area contributed by atoms with Gasteiger partial charge < -0.3 is 5.11 Å². The predicted molar refractivity (Wildman–Crippen MR) is 78.8 cm³/mol. The standard InChI is InChI=1S/C16H14ClNO3/c1-10-5-3-4-6-13(10)16(20)14-9-11(17)7-8-12(14)15(19)18(16)21-2/h3-9,20H,1-2H3. The van der Waals surface area contributed by atoms with Gasteiger partial charge in [-0.3, -0.25) is 9.63 Å². The summed E-state index contributed by atoms with van der Waals surface area (Å²) in [6.45, 7) is 1.87. The molecular formula is C16H14ClNO3. The number of amides is 1. The summed E-state index contributed by atoms with van der Waals surface area (Å²) in [6.07, 6.45) is 0. The van der Waals surface area contributed by atoms with E-state index in [1.807, 2.05) is 19.1 Å². The molecule has 5 heteroatoms. The second kappa shape index (κ2) is 4.84. The van der Waals surface area contributed by atoms with E-state index in [2.05, 4.69) is 0 Å². The number of fused-ring (bicyclic) bond motifs is 1. The van der Waals surface area contributed by atoms with Crippen molar-refractivity contribution in [1.29, 1.82) is 0 Å². The van der Waals surface area contributed by atoms with E-state index in [0.29, 0.717) is 21.7 Å². The van der Waals surface area contributed by atoms with Gasteiger partial charge in [0.1, 0.15) is 0 Å². The first kappa shape index (κ1) is 14.1. The molecule has 0 aromatic heterocycles. The van der Waals surface area contributed by atoms with E-state index >= 15 is 0 Å². The Balaban J connectivity index is 2.32. The summed E-state index contributed by atoms with van der Waals surface area (Å²) in [4.78, 5) is 17.6. The number of aryl methyl sites for hydroxylation is 1. The normalized spacial score (nSPS) is 20.8. The third kappa shape index (κ3) is 1.87. The van der Waals surface area contributed by atoms with Crippen molar-refractivity contribution in [1.82, 2.24) is 5.06 Å². The number of carbonyl (C=O) groups excluding carboxylic acids is 1. The molecule has 0 aliphatic carbocycles. The van der Waals surface area contributed by atoms with Crippen LogP contribution in [0.15, 0.2) is 42.5 Å². The fraction of sp³-hybridized carbons (Fsp3) is 0.188. The van der Waals surface area contributed by atoms with Crippen LogP contribution in [0.4, 0.5) is 0 Å². The number of benzene rings is 2. The van der Waals surface area contributed by atoms with Crippen LogP contribution >= 0.6 is 11.6 Å². The summed E-state index contributed by atoms with van der Waals surface area (Å²) in [5.41, 5.74) is 0.560. The van der Waals surface area contributed by atoms with Crippen LogP contribution < -0.4 is 0 Å². The molecule has 1 heterocycles. The molecule has 1 amide bonds. The molecule has 2 aromatic rings. The van der Waals surface area contributed by atoms with E-state index in [1.165, 1.54) is 7.11 Å². The van der Waals surface area contributed by atoms with Crippen LogP contribution in [0.1, 0.15) is 27.0 Å². The van der Waals surface area contributed by atoms with Gasteiger partial charge in [0, 0.05) is 16.1 Å². The van der Waals surface area contributed by atoms with Crippen LogP contribution in [0.3, 0.4) is 0 Å². The highest BCUT2D eigenvalue weighted by Crippen LogP contribution is 2.44. The van der Waals surface area contributed by atoms with Gasteiger partial charge in [-0.05, 0) is 30.7 Å². The SMILES string of the molecule is CON1C(=O)c2ccc(Cl)cc2C1(O)c1ccccc1C. The first-order chi connectivity index (χ1) is 10.00. The number of halogens is 1. The number of aliphatic hydroxyl groups is 1. The number of hydrogen-bond donors (Lipinski definition) is 1. The van der Waals surface area contributed by atoms with Gasteiger partial charge in [-0.15, -0.1) is 0 Å². The zero-order valence-electron chi connectivity index (χ0n) is 11.6. The number of hydrogen-bond acceptors (Lipinski definition) is 3. The molecule has 21 heavy (non-hydrogen) atoms. The Morgan fingerprint density at radius 2 is 1.90 bits per heavy atom. The summed E-state index contributed by atoms with van der Waals surface area (Å²) in [6, 6.07) is 12.1. The molecule has 0 bridgehead atoms. The van der Waals surface area contributed by atoms with Crippen molar-refractivity contribution in [3.05, 3.63) is 69.7 Å². The van der Waals surface area contributed by atoms with Crippen molar-refractivity contribution in [2.45, 2.75) is 12.6 Å². The first-order valence-corrected chi connectivity index (χ1v) is 6.85. The highest BCUT2D eigenvalue weighted by Gasteiger charge is 2.51. The summed E-state index contributed by atoms with van der Waals surface area (Å²) >= 11 is 6.03. The highest BCUT2D eigenvalue weighted by atomic mass is 35.5. The molecule has 4 nitrogen and oxygen atoms in total. The third-order valence-electron chi connectivity index (χ3n) is 3.77. The highest BCUT2D eigenvalue weighted by molar-refractivity contribution is 6.30. The second-order valence-electron chi connectivity index (χ2n) is 4.96. The molecule has 0 radical (unpaired) electrons. The van der Waals surface area contributed by atoms with E-state index in [4.69, 9.17) is 16.4 Å². The van der Waals surface area contributed by atoms with E-state index in [9.17, 15) is 9.90 Å². The maximum Gasteiger partial charge on any atom is 0.281 e. The monoisotopic (exact) mass is 303 g/mol. The lowest BCUT2D eigenvalue weighted by Crippen LogP contribution is -2.44. The van der Waals surface area contributed by atoms with Crippen molar-refractivity contribution in [3.63, 3.8) is 0 Å². The summed E-state index contributed by atoms with van der Waals surface area (Å²) < 4.78 is 0. The molecule has 0 fully saturated rings. The average molecular weight is 304 g/mol. The van der Waals surface area contributed by atoms with Crippen LogP contribution in [-0.2, 0) is 10.6 Å². The predicted octanol–water partition coefficient (Wildman–Crippen LogP) is 2.86. The Bertz CT molecular complexity index is 731. The largest absolute Gasteiger partial charge is 0.361 e. The average Bonchev–Trinajstić information content (AvgIpc) is 2.68. The van der Waals surface area contributed by atoms with Crippen molar-refractivity contribution in [3.8, 4) is 0 Å². The number of rotatable bonds is 2. The van der Waals surface area contributed by atoms with Crippen molar-refractivity contribution >= 4 is 17.5 Å². The van der Waals surface area contributed by atoms with Gasteiger partial charge >= 0.3 is 0 Å². The molecule has 1 N–H and O–H groups in total. The fourth-order valence-electron chi connectivity index (χ4n) is 2.79. The van der Waals surface area contributed by atoms with Crippen molar-refractivity contribution < 1.29 is 14.7 Å². The maximum atomic E-state index is 12.4. The molecule has 1 aliphatic rings. The van der Waals surface area contributed by atoms with E-state index in [0.717, 1.165) is 10.6 Å². The Kier molecular flexibility index (Phi) is 3.24. The first-order valence-electron chi connectivity index (χ1n) is 6.47.